The van der Waals surface area contributed by atoms with Gasteiger partial charge in [0, 0.05) is 19.0 Å². The van der Waals surface area contributed by atoms with Crippen LogP contribution in [0.2, 0.25) is 0 Å². The standard InChI is InChI=1S/C19H24N4O2/c1-3-22-12-20-21-18(22)17-11-23(8-9-25-17)19(24)16-10-15(16)14-7-5-4-6-13(14)2/h4-7,12,15-17H,3,8-11H2,1-2H3/t15-,16-,17-/m0/s1. The zero-order chi connectivity index (χ0) is 17.4. The van der Waals surface area contributed by atoms with Crippen LogP contribution < -0.4 is 0 Å². The summed E-state index contributed by atoms with van der Waals surface area (Å²) >= 11 is 0. The topological polar surface area (TPSA) is 60.2 Å². The Balaban J connectivity index is 1.44. The molecule has 1 aliphatic heterocycles. The van der Waals surface area contributed by atoms with Gasteiger partial charge in [0.05, 0.1) is 13.2 Å². The van der Waals surface area contributed by atoms with Gasteiger partial charge in [0.25, 0.3) is 0 Å². The van der Waals surface area contributed by atoms with Crippen molar-refractivity contribution in [2.24, 2.45) is 5.92 Å². The van der Waals surface area contributed by atoms with E-state index in [2.05, 4.69) is 48.3 Å². The normalized spacial score (nSPS) is 25.8. The largest absolute Gasteiger partial charge is 0.366 e. The quantitative estimate of drug-likeness (QED) is 0.857. The maximum Gasteiger partial charge on any atom is 0.226 e. The van der Waals surface area contributed by atoms with Crippen LogP contribution in [0.15, 0.2) is 30.6 Å². The number of hydrogen-bond donors (Lipinski definition) is 0. The highest BCUT2D eigenvalue weighted by Crippen LogP contribution is 2.49. The molecule has 0 radical (unpaired) electrons. The molecule has 1 saturated heterocycles. The van der Waals surface area contributed by atoms with Gasteiger partial charge in [0.1, 0.15) is 12.4 Å². The molecular formula is C19H24N4O2. The molecule has 6 heteroatoms. The number of benzene rings is 1. The minimum atomic E-state index is -0.184. The average molecular weight is 340 g/mol. The van der Waals surface area contributed by atoms with Gasteiger partial charge in [0.15, 0.2) is 5.82 Å². The van der Waals surface area contributed by atoms with Gasteiger partial charge in [-0.1, -0.05) is 24.3 Å². The first kappa shape index (κ1) is 16.3. The van der Waals surface area contributed by atoms with E-state index in [9.17, 15) is 4.79 Å². The maximum atomic E-state index is 13.0. The molecule has 132 valence electrons. The summed E-state index contributed by atoms with van der Waals surface area (Å²) < 4.78 is 7.84. The van der Waals surface area contributed by atoms with Crippen molar-refractivity contribution < 1.29 is 9.53 Å². The molecule has 1 aromatic carbocycles. The van der Waals surface area contributed by atoms with Crippen LogP contribution in [0.4, 0.5) is 0 Å². The first-order chi connectivity index (χ1) is 12.2. The Kier molecular flexibility index (Phi) is 4.29. The number of rotatable bonds is 4. The zero-order valence-corrected chi connectivity index (χ0v) is 14.8. The highest BCUT2D eigenvalue weighted by Gasteiger charge is 2.47. The fourth-order valence-electron chi connectivity index (χ4n) is 3.81. The molecule has 1 aliphatic carbocycles. The van der Waals surface area contributed by atoms with E-state index in [1.54, 1.807) is 6.33 Å². The van der Waals surface area contributed by atoms with Crippen molar-refractivity contribution in [3.63, 3.8) is 0 Å². The molecule has 3 atom stereocenters. The molecule has 2 heterocycles. The third-order valence-corrected chi connectivity index (χ3v) is 5.35. The molecule has 0 spiro atoms. The molecule has 2 aliphatic rings. The number of carbonyl (C=O) groups excluding carboxylic acids is 1. The van der Waals surface area contributed by atoms with Crippen LogP contribution in [0.3, 0.4) is 0 Å². The second kappa shape index (κ2) is 6.59. The zero-order valence-electron chi connectivity index (χ0n) is 14.8. The van der Waals surface area contributed by atoms with Crippen molar-refractivity contribution in [1.82, 2.24) is 19.7 Å². The minimum absolute atomic E-state index is 0.115. The van der Waals surface area contributed by atoms with Crippen LogP contribution in [-0.4, -0.2) is 45.3 Å². The Labute approximate surface area is 147 Å². The van der Waals surface area contributed by atoms with Crippen molar-refractivity contribution in [3.8, 4) is 0 Å². The molecule has 25 heavy (non-hydrogen) atoms. The summed E-state index contributed by atoms with van der Waals surface area (Å²) in [6.45, 7) is 6.75. The van der Waals surface area contributed by atoms with E-state index in [1.807, 2.05) is 9.47 Å². The molecular weight excluding hydrogens is 316 g/mol. The van der Waals surface area contributed by atoms with Crippen molar-refractivity contribution in [3.05, 3.63) is 47.5 Å². The number of amides is 1. The van der Waals surface area contributed by atoms with E-state index in [0.29, 0.717) is 25.6 Å². The number of aromatic nitrogens is 3. The Bertz CT molecular complexity index is 772. The number of aryl methyl sites for hydroxylation is 2. The fraction of sp³-hybridized carbons (Fsp3) is 0.526. The van der Waals surface area contributed by atoms with Crippen LogP contribution in [0.1, 0.15) is 42.3 Å². The van der Waals surface area contributed by atoms with E-state index in [0.717, 1.165) is 18.8 Å². The van der Waals surface area contributed by atoms with Crippen molar-refractivity contribution in [2.45, 2.75) is 38.8 Å². The molecule has 2 aromatic rings. The molecule has 1 saturated carbocycles. The van der Waals surface area contributed by atoms with E-state index in [-0.39, 0.29) is 17.9 Å². The fourth-order valence-corrected chi connectivity index (χ4v) is 3.81. The van der Waals surface area contributed by atoms with Gasteiger partial charge in [-0.15, -0.1) is 10.2 Å². The minimum Gasteiger partial charge on any atom is -0.366 e. The van der Waals surface area contributed by atoms with Gasteiger partial charge in [-0.2, -0.15) is 0 Å². The molecule has 2 fully saturated rings. The first-order valence-electron chi connectivity index (χ1n) is 9.02. The highest BCUT2D eigenvalue weighted by molar-refractivity contribution is 5.83. The van der Waals surface area contributed by atoms with Crippen molar-refractivity contribution >= 4 is 5.91 Å². The van der Waals surface area contributed by atoms with Crippen molar-refractivity contribution in [2.75, 3.05) is 19.7 Å². The van der Waals surface area contributed by atoms with Gasteiger partial charge in [-0.25, -0.2) is 0 Å². The van der Waals surface area contributed by atoms with Gasteiger partial charge in [0.2, 0.25) is 5.91 Å². The summed E-state index contributed by atoms with van der Waals surface area (Å²) in [6.07, 6.45) is 2.49. The monoisotopic (exact) mass is 340 g/mol. The van der Waals surface area contributed by atoms with Crippen LogP contribution in [-0.2, 0) is 16.1 Å². The lowest BCUT2D eigenvalue weighted by Gasteiger charge is -2.32. The van der Waals surface area contributed by atoms with Gasteiger partial charge >= 0.3 is 0 Å². The smallest absolute Gasteiger partial charge is 0.226 e. The number of carbonyl (C=O) groups is 1. The summed E-state index contributed by atoms with van der Waals surface area (Å²) in [4.78, 5) is 14.9. The highest BCUT2D eigenvalue weighted by atomic mass is 16.5. The third kappa shape index (κ3) is 3.06. The number of nitrogens with zero attached hydrogens (tertiary/aromatic N) is 4. The molecule has 0 N–H and O–H groups in total. The summed E-state index contributed by atoms with van der Waals surface area (Å²) in [7, 11) is 0. The van der Waals surface area contributed by atoms with E-state index < -0.39 is 0 Å². The molecule has 4 rings (SSSR count). The molecule has 1 aromatic heterocycles. The Morgan fingerprint density at radius 2 is 2.20 bits per heavy atom. The maximum absolute atomic E-state index is 13.0. The van der Waals surface area contributed by atoms with Crippen LogP contribution in [0.25, 0.3) is 0 Å². The third-order valence-electron chi connectivity index (χ3n) is 5.35. The lowest BCUT2D eigenvalue weighted by Crippen LogP contribution is -2.43. The molecule has 0 unspecified atom stereocenters. The first-order valence-corrected chi connectivity index (χ1v) is 9.02. The van der Waals surface area contributed by atoms with Crippen LogP contribution in [0, 0.1) is 12.8 Å². The van der Waals surface area contributed by atoms with Gasteiger partial charge < -0.3 is 14.2 Å². The predicted molar refractivity (Wildman–Crippen MR) is 93.0 cm³/mol. The Morgan fingerprint density at radius 3 is 3.00 bits per heavy atom. The Morgan fingerprint density at radius 1 is 1.36 bits per heavy atom. The van der Waals surface area contributed by atoms with E-state index in [4.69, 9.17) is 4.74 Å². The number of morpholine rings is 1. The van der Waals surface area contributed by atoms with E-state index >= 15 is 0 Å². The summed E-state index contributed by atoms with van der Waals surface area (Å²) in [5, 5.41) is 8.17. The lowest BCUT2D eigenvalue weighted by atomic mass is 10.0. The van der Waals surface area contributed by atoms with Gasteiger partial charge in [-0.3, -0.25) is 4.79 Å². The average Bonchev–Trinajstić information content (AvgIpc) is 3.29. The summed E-state index contributed by atoms with van der Waals surface area (Å²) in [5.74, 6) is 1.55. The van der Waals surface area contributed by atoms with Crippen molar-refractivity contribution in [1.29, 1.82) is 0 Å². The van der Waals surface area contributed by atoms with Crippen LogP contribution >= 0.6 is 0 Å². The Hall–Kier alpha value is -2.21. The number of hydrogen-bond acceptors (Lipinski definition) is 4. The summed E-state index contributed by atoms with van der Waals surface area (Å²) in [5.41, 5.74) is 2.59. The predicted octanol–water partition coefficient (Wildman–Crippen LogP) is 2.31. The molecule has 1 amide bonds. The number of ether oxygens (including phenoxy) is 1. The van der Waals surface area contributed by atoms with E-state index in [1.165, 1.54) is 11.1 Å². The molecule has 6 nitrogen and oxygen atoms in total. The SMILES string of the molecule is CCn1cnnc1[C@@H]1CN(C(=O)[C@H]2C[C@H]2c2ccccc2C)CCO1. The second-order valence-electron chi connectivity index (χ2n) is 6.92. The second-order valence-corrected chi connectivity index (χ2v) is 6.92. The van der Waals surface area contributed by atoms with Crippen LogP contribution in [0.5, 0.6) is 0 Å². The summed E-state index contributed by atoms with van der Waals surface area (Å²) in [6, 6.07) is 8.38. The molecule has 0 bridgehead atoms. The van der Waals surface area contributed by atoms with Gasteiger partial charge in [-0.05, 0) is 37.3 Å². The lowest BCUT2D eigenvalue weighted by molar-refractivity contribution is -0.140.